The minimum Gasteiger partial charge on any atom is -0.478 e. The van der Waals surface area contributed by atoms with Crippen molar-refractivity contribution in [3.63, 3.8) is 0 Å². The fourth-order valence-corrected chi connectivity index (χ4v) is 2.02. The number of hydrogen-bond acceptors (Lipinski definition) is 2. The smallest absolute Gasteiger partial charge is 0.336 e. The summed E-state index contributed by atoms with van der Waals surface area (Å²) in [5.74, 6) is -1.25. The molecule has 0 heterocycles. The van der Waals surface area contributed by atoms with Crippen molar-refractivity contribution in [1.29, 1.82) is 0 Å². The molecule has 0 unspecified atom stereocenters. The highest BCUT2D eigenvalue weighted by Gasteiger charge is 2.15. The molecule has 0 radical (unpaired) electrons. The van der Waals surface area contributed by atoms with E-state index in [0.29, 0.717) is 0 Å². The van der Waals surface area contributed by atoms with E-state index in [-0.39, 0.29) is 23.3 Å². The Morgan fingerprint density at radius 1 is 1.00 bits per heavy atom. The molecular formula is C16H14O3. The molecule has 0 bridgehead atoms. The number of aryl methyl sites for hydroxylation is 1. The summed E-state index contributed by atoms with van der Waals surface area (Å²) in [6.07, 6.45) is 0.214. The lowest BCUT2D eigenvalue weighted by Crippen LogP contribution is -2.10. The van der Waals surface area contributed by atoms with Crippen molar-refractivity contribution >= 4 is 11.8 Å². The lowest BCUT2D eigenvalue weighted by atomic mass is 9.98. The third-order valence-electron chi connectivity index (χ3n) is 2.91. The van der Waals surface area contributed by atoms with Gasteiger partial charge in [-0.2, -0.15) is 0 Å². The maximum absolute atomic E-state index is 12.2. The van der Waals surface area contributed by atoms with Gasteiger partial charge >= 0.3 is 5.97 Å². The first-order valence-electron chi connectivity index (χ1n) is 5.99. The van der Waals surface area contributed by atoms with Crippen LogP contribution in [0.1, 0.15) is 31.8 Å². The summed E-state index contributed by atoms with van der Waals surface area (Å²) in [6, 6.07) is 14.0. The Labute approximate surface area is 111 Å². The van der Waals surface area contributed by atoms with Gasteiger partial charge in [-0.25, -0.2) is 4.79 Å². The van der Waals surface area contributed by atoms with Crippen LogP contribution in [-0.4, -0.2) is 16.9 Å². The molecular weight excluding hydrogens is 240 g/mol. The third kappa shape index (κ3) is 3.07. The van der Waals surface area contributed by atoms with E-state index in [9.17, 15) is 9.59 Å². The Bertz CT molecular complexity index is 629. The second-order valence-electron chi connectivity index (χ2n) is 4.44. The Hall–Kier alpha value is -2.42. The molecule has 3 nitrogen and oxygen atoms in total. The Kier molecular flexibility index (Phi) is 3.76. The second kappa shape index (κ2) is 5.48. The van der Waals surface area contributed by atoms with Gasteiger partial charge in [0.25, 0.3) is 0 Å². The Morgan fingerprint density at radius 2 is 1.68 bits per heavy atom. The molecule has 0 fully saturated rings. The van der Waals surface area contributed by atoms with E-state index in [1.165, 1.54) is 6.07 Å². The van der Waals surface area contributed by atoms with Crippen LogP contribution in [0.5, 0.6) is 0 Å². The SMILES string of the molecule is Cc1cccc(CC(=O)c2ccccc2C(=O)O)c1. The predicted molar refractivity (Wildman–Crippen MR) is 72.6 cm³/mol. The number of ketones is 1. The van der Waals surface area contributed by atoms with E-state index < -0.39 is 5.97 Å². The number of aromatic carboxylic acids is 1. The van der Waals surface area contributed by atoms with Crippen molar-refractivity contribution < 1.29 is 14.7 Å². The lowest BCUT2D eigenvalue weighted by Gasteiger charge is -2.05. The first-order valence-corrected chi connectivity index (χ1v) is 5.99. The number of hydrogen-bond donors (Lipinski definition) is 1. The van der Waals surface area contributed by atoms with Crippen LogP contribution in [0.15, 0.2) is 48.5 Å². The molecule has 0 spiro atoms. The van der Waals surface area contributed by atoms with E-state index in [1.807, 2.05) is 31.2 Å². The highest BCUT2D eigenvalue weighted by atomic mass is 16.4. The highest BCUT2D eigenvalue weighted by Crippen LogP contribution is 2.13. The van der Waals surface area contributed by atoms with Gasteiger partial charge in [0, 0.05) is 12.0 Å². The summed E-state index contributed by atoms with van der Waals surface area (Å²) in [4.78, 5) is 23.3. The number of carbonyl (C=O) groups is 2. The first-order chi connectivity index (χ1) is 9.08. The molecule has 0 aliphatic heterocycles. The molecule has 2 aromatic carbocycles. The van der Waals surface area contributed by atoms with Crippen molar-refractivity contribution in [3.05, 3.63) is 70.8 Å². The van der Waals surface area contributed by atoms with Crippen LogP contribution in [0.4, 0.5) is 0 Å². The molecule has 2 rings (SSSR count). The zero-order chi connectivity index (χ0) is 13.8. The summed E-state index contributed by atoms with van der Waals surface area (Å²) >= 11 is 0. The molecule has 19 heavy (non-hydrogen) atoms. The fraction of sp³-hybridized carbons (Fsp3) is 0.125. The van der Waals surface area contributed by atoms with E-state index >= 15 is 0 Å². The van der Waals surface area contributed by atoms with Crippen molar-refractivity contribution in [3.8, 4) is 0 Å². The van der Waals surface area contributed by atoms with Crippen molar-refractivity contribution in [2.24, 2.45) is 0 Å². The minimum absolute atomic E-state index is 0.0557. The molecule has 0 atom stereocenters. The standard InChI is InChI=1S/C16H14O3/c1-11-5-4-6-12(9-11)10-15(17)13-7-2-3-8-14(13)16(18)19/h2-9H,10H2,1H3,(H,18,19). The van der Waals surface area contributed by atoms with E-state index in [0.717, 1.165) is 11.1 Å². The van der Waals surface area contributed by atoms with Crippen LogP contribution in [0, 0.1) is 6.92 Å². The topological polar surface area (TPSA) is 54.4 Å². The molecule has 2 aromatic rings. The monoisotopic (exact) mass is 254 g/mol. The Morgan fingerprint density at radius 3 is 2.32 bits per heavy atom. The normalized spacial score (nSPS) is 10.2. The van der Waals surface area contributed by atoms with Crippen LogP contribution < -0.4 is 0 Å². The lowest BCUT2D eigenvalue weighted by molar-refractivity contribution is 0.0692. The fourth-order valence-electron chi connectivity index (χ4n) is 2.02. The Balaban J connectivity index is 2.28. The molecule has 0 saturated carbocycles. The van der Waals surface area contributed by atoms with Crippen LogP contribution in [0.2, 0.25) is 0 Å². The van der Waals surface area contributed by atoms with Crippen LogP contribution in [-0.2, 0) is 6.42 Å². The molecule has 0 aliphatic rings. The summed E-state index contributed by atoms with van der Waals surface area (Å²) in [5, 5.41) is 9.07. The first kappa shape index (κ1) is 13.0. The maximum atomic E-state index is 12.2. The third-order valence-corrected chi connectivity index (χ3v) is 2.91. The van der Waals surface area contributed by atoms with Gasteiger partial charge in [0.15, 0.2) is 5.78 Å². The van der Waals surface area contributed by atoms with Gasteiger partial charge in [0.2, 0.25) is 0 Å². The maximum Gasteiger partial charge on any atom is 0.336 e. The second-order valence-corrected chi connectivity index (χ2v) is 4.44. The summed E-state index contributed by atoms with van der Waals surface area (Å²) in [7, 11) is 0. The zero-order valence-electron chi connectivity index (χ0n) is 10.6. The number of carbonyl (C=O) groups excluding carboxylic acids is 1. The summed E-state index contributed by atoms with van der Waals surface area (Å²) in [5.41, 5.74) is 2.29. The molecule has 3 heteroatoms. The molecule has 0 saturated heterocycles. The van der Waals surface area contributed by atoms with Gasteiger partial charge in [-0.3, -0.25) is 4.79 Å². The quantitative estimate of drug-likeness (QED) is 0.853. The average Bonchev–Trinajstić information content (AvgIpc) is 2.38. The van der Waals surface area contributed by atoms with Crippen molar-refractivity contribution in [2.45, 2.75) is 13.3 Å². The highest BCUT2D eigenvalue weighted by molar-refractivity contribution is 6.06. The van der Waals surface area contributed by atoms with Crippen LogP contribution >= 0.6 is 0 Å². The minimum atomic E-state index is -1.08. The van der Waals surface area contributed by atoms with Crippen molar-refractivity contribution in [1.82, 2.24) is 0 Å². The summed E-state index contributed by atoms with van der Waals surface area (Å²) in [6.45, 7) is 1.96. The average molecular weight is 254 g/mol. The van der Waals surface area contributed by atoms with Gasteiger partial charge in [-0.15, -0.1) is 0 Å². The van der Waals surface area contributed by atoms with Crippen LogP contribution in [0.3, 0.4) is 0 Å². The number of rotatable bonds is 4. The molecule has 0 aromatic heterocycles. The van der Waals surface area contributed by atoms with Gasteiger partial charge in [0.1, 0.15) is 0 Å². The number of carboxylic acids is 1. The van der Waals surface area contributed by atoms with Gasteiger partial charge in [-0.1, -0.05) is 48.0 Å². The number of carboxylic acid groups (broad SMARTS) is 1. The molecule has 1 N–H and O–H groups in total. The molecule has 0 aliphatic carbocycles. The zero-order valence-corrected chi connectivity index (χ0v) is 10.6. The summed E-state index contributed by atoms with van der Waals surface area (Å²) < 4.78 is 0. The van der Waals surface area contributed by atoms with Gasteiger partial charge in [-0.05, 0) is 18.6 Å². The van der Waals surface area contributed by atoms with Gasteiger partial charge in [0.05, 0.1) is 5.56 Å². The number of Topliss-reactive ketones (excluding diaryl/α,β-unsaturated/α-hetero) is 1. The molecule has 96 valence electrons. The largest absolute Gasteiger partial charge is 0.478 e. The van der Waals surface area contributed by atoms with E-state index in [4.69, 9.17) is 5.11 Å². The van der Waals surface area contributed by atoms with Crippen LogP contribution in [0.25, 0.3) is 0 Å². The van der Waals surface area contributed by atoms with Crippen molar-refractivity contribution in [2.75, 3.05) is 0 Å². The molecule has 0 amide bonds. The number of benzene rings is 2. The predicted octanol–water partition coefficient (Wildman–Crippen LogP) is 3.12. The van der Waals surface area contributed by atoms with E-state index in [2.05, 4.69) is 0 Å². The van der Waals surface area contributed by atoms with E-state index in [1.54, 1.807) is 18.2 Å². The van der Waals surface area contributed by atoms with Gasteiger partial charge < -0.3 is 5.11 Å².